The van der Waals surface area contributed by atoms with Crippen molar-refractivity contribution in [2.75, 3.05) is 9.34 Å². The largest absolute Gasteiger partial charge is 0.318 e. The third-order valence-electron chi connectivity index (χ3n) is 8.60. The molecule has 0 heterocycles. The molecule has 0 amide bonds. The summed E-state index contributed by atoms with van der Waals surface area (Å²) in [6, 6.07) is 70.2. The van der Waals surface area contributed by atoms with Crippen LogP contribution in [0.15, 0.2) is 194 Å². The molecule has 2 nitrogen and oxygen atoms in total. The van der Waals surface area contributed by atoms with Gasteiger partial charge in [0, 0.05) is 40.0 Å². The molecule has 0 spiro atoms. The lowest BCUT2D eigenvalue weighted by Crippen LogP contribution is -2.14. The summed E-state index contributed by atoms with van der Waals surface area (Å²) in [6.45, 7) is 0. The Hall–Kier alpha value is -5.26. The molecule has 0 saturated carbocycles. The Bertz CT molecular complexity index is 2130. The molecule has 48 heavy (non-hydrogen) atoms. The molecule has 0 aliphatic heterocycles. The Balaban J connectivity index is 1.46. The lowest BCUT2D eigenvalue weighted by atomic mass is 9.90. The third kappa shape index (κ3) is 6.10. The highest BCUT2D eigenvalue weighted by atomic mass is 31.1. The van der Waals surface area contributed by atoms with Gasteiger partial charge in [0.1, 0.15) is 0 Å². The predicted molar refractivity (Wildman–Crippen MR) is 213 cm³/mol. The first kappa shape index (κ1) is 30.1. The highest BCUT2D eigenvalue weighted by Crippen LogP contribution is 2.52. The van der Waals surface area contributed by atoms with Gasteiger partial charge >= 0.3 is 0 Å². The second kappa shape index (κ2) is 13.8. The molecular formula is C44H34N2P2. The summed E-state index contributed by atoms with van der Waals surface area (Å²) in [5.74, 6) is 0. The SMILES string of the molecule is c1ccc(PN(c2ccccc2)c2ccc3ccccc3c2-c2c(N(Pc3ccccc3)c3ccccc3)ccc3ccccc23)cc1. The van der Waals surface area contributed by atoms with E-state index in [1.54, 1.807) is 0 Å². The average Bonchev–Trinajstić information content (AvgIpc) is 3.17. The lowest BCUT2D eigenvalue weighted by molar-refractivity contribution is 1.41. The van der Waals surface area contributed by atoms with Crippen molar-refractivity contribution in [2.45, 2.75) is 0 Å². The molecule has 8 aromatic rings. The number of nitrogens with zero attached hydrogens (tertiary/aromatic N) is 2. The normalized spacial score (nSPS) is 11.6. The topological polar surface area (TPSA) is 6.48 Å². The number of fused-ring (bicyclic) bond motifs is 2. The van der Waals surface area contributed by atoms with Crippen LogP contribution in [0.4, 0.5) is 22.7 Å². The minimum Gasteiger partial charge on any atom is -0.318 e. The van der Waals surface area contributed by atoms with Crippen molar-refractivity contribution in [1.82, 2.24) is 0 Å². The monoisotopic (exact) mass is 652 g/mol. The molecule has 0 radical (unpaired) electrons. The van der Waals surface area contributed by atoms with Crippen molar-refractivity contribution >= 4 is 72.4 Å². The summed E-state index contributed by atoms with van der Waals surface area (Å²) in [7, 11) is 0.806. The van der Waals surface area contributed by atoms with E-state index in [2.05, 4.69) is 203 Å². The van der Waals surface area contributed by atoms with E-state index < -0.39 is 0 Å². The van der Waals surface area contributed by atoms with Crippen LogP contribution in [0.3, 0.4) is 0 Å². The van der Waals surface area contributed by atoms with Crippen molar-refractivity contribution < 1.29 is 0 Å². The molecule has 8 rings (SSSR count). The van der Waals surface area contributed by atoms with E-state index in [1.807, 2.05) is 0 Å². The summed E-state index contributed by atoms with van der Waals surface area (Å²) in [5, 5.41) is 7.50. The van der Waals surface area contributed by atoms with E-state index in [9.17, 15) is 0 Å². The summed E-state index contributed by atoms with van der Waals surface area (Å²) in [5.41, 5.74) is 7.21. The van der Waals surface area contributed by atoms with Gasteiger partial charge in [-0.2, -0.15) is 0 Å². The zero-order chi connectivity index (χ0) is 32.1. The van der Waals surface area contributed by atoms with Gasteiger partial charge < -0.3 is 9.34 Å². The van der Waals surface area contributed by atoms with Gasteiger partial charge in [-0.3, -0.25) is 0 Å². The van der Waals surface area contributed by atoms with E-state index >= 15 is 0 Å². The number of hydrogen-bond donors (Lipinski definition) is 0. The van der Waals surface area contributed by atoms with Crippen molar-refractivity contribution in [3.05, 3.63) is 194 Å². The van der Waals surface area contributed by atoms with Crippen molar-refractivity contribution in [2.24, 2.45) is 0 Å². The molecule has 0 bridgehead atoms. The lowest BCUT2D eigenvalue weighted by Gasteiger charge is -2.32. The molecule has 0 N–H and O–H groups in total. The molecular weight excluding hydrogens is 618 g/mol. The minimum absolute atomic E-state index is 0.403. The van der Waals surface area contributed by atoms with Crippen LogP contribution in [0.2, 0.25) is 0 Å². The molecule has 0 aromatic heterocycles. The Morgan fingerprint density at radius 1 is 0.292 bits per heavy atom. The number of anilines is 4. The van der Waals surface area contributed by atoms with Gasteiger partial charge in [0.05, 0.1) is 11.4 Å². The number of benzene rings is 8. The summed E-state index contributed by atoms with van der Waals surface area (Å²) < 4.78 is 5.02. The Morgan fingerprint density at radius 2 is 0.625 bits per heavy atom. The van der Waals surface area contributed by atoms with Gasteiger partial charge in [-0.15, -0.1) is 0 Å². The van der Waals surface area contributed by atoms with E-state index in [-0.39, 0.29) is 0 Å². The van der Waals surface area contributed by atoms with Crippen LogP contribution in [0.1, 0.15) is 0 Å². The van der Waals surface area contributed by atoms with Crippen molar-refractivity contribution in [3.63, 3.8) is 0 Å². The molecule has 230 valence electrons. The summed E-state index contributed by atoms with van der Waals surface area (Å²) >= 11 is 0. The van der Waals surface area contributed by atoms with Crippen LogP contribution in [0.5, 0.6) is 0 Å². The predicted octanol–water partition coefficient (Wildman–Crippen LogP) is 11.8. The number of rotatable bonds is 9. The minimum atomic E-state index is 0.403. The zero-order valence-corrected chi connectivity index (χ0v) is 28.4. The second-order valence-corrected chi connectivity index (χ2v) is 14.2. The first-order valence-corrected chi connectivity index (χ1v) is 18.1. The maximum atomic E-state index is 2.51. The highest BCUT2D eigenvalue weighted by Gasteiger charge is 2.25. The average molecular weight is 653 g/mol. The maximum Gasteiger partial charge on any atom is 0.0534 e. The van der Waals surface area contributed by atoms with Crippen LogP contribution < -0.4 is 19.9 Å². The van der Waals surface area contributed by atoms with Crippen LogP contribution in [0.25, 0.3) is 32.7 Å². The van der Waals surface area contributed by atoms with Gasteiger partial charge in [0.25, 0.3) is 0 Å². The van der Waals surface area contributed by atoms with E-state index in [4.69, 9.17) is 0 Å². The standard InChI is InChI=1S/C44H34N2P2/c1-5-19-35(20-6-1)45(47-37-23-9-3-10-24-37)41-31-29-33-17-13-15-27-39(33)43(41)44-40-28-16-14-18-34(40)30-32-42(44)46(36-21-7-2-8-22-36)48-38-25-11-4-12-26-38/h1-32,47-48H. The zero-order valence-electron chi connectivity index (χ0n) is 26.4. The molecule has 0 aliphatic carbocycles. The van der Waals surface area contributed by atoms with E-state index in [1.165, 1.54) is 66.0 Å². The van der Waals surface area contributed by atoms with E-state index in [0.717, 1.165) is 0 Å². The Morgan fingerprint density at radius 3 is 1.02 bits per heavy atom. The van der Waals surface area contributed by atoms with Crippen LogP contribution in [-0.4, -0.2) is 0 Å². The van der Waals surface area contributed by atoms with Crippen molar-refractivity contribution in [3.8, 4) is 11.1 Å². The molecule has 8 aromatic carbocycles. The molecule has 0 saturated heterocycles. The van der Waals surface area contributed by atoms with Gasteiger partial charge in [-0.25, -0.2) is 0 Å². The van der Waals surface area contributed by atoms with Crippen LogP contribution in [-0.2, 0) is 0 Å². The van der Waals surface area contributed by atoms with Gasteiger partial charge in [-0.05, 0) is 68.6 Å². The van der Waals surface area contributed by atoms with E-state index in [0.29, 0.717) is 17.5 Å². The molecule has 0 fully saturated rings. The third-order valence-corrected chi connectivity index (χ3v) is 11.2. The number of hydrogen-bond acceptors (Lipinski definition) is 2. The Labute approximate surface area is 286 Å². The fraction of sp³-hybridized carbons (Fsp3) is 0. The van der Waals surface area contributed by atoms with Gasteiger partial charge in [0.2, 0.25) is 0 Å². The fourth-order valence-corrected chi connectivity index (χ4v) is 8.75. The van der Waals surface area contributed by atoms with Gasteiger partial charge in [-0.1, -0.05) is 158 Å². The highest BCUT2D eigenvalue weighted by molar-refractivity contribution is 7.50. The number of para-hydroxylation sites is 2. The second-order valence-electron chi connectivity index (χ2n) is 11.7. The molecule has 4 heteroatoms. The molecule has 0 aliphatic rings. The first-order valence-electron chi connectivity index (χ1n) is 16.2. The maximum absolute atomic E-state index is 2.51. The van der Waals surface area contributed by atoms with Crippen LogP contribution >= 0.6 is 17.5 Å². The quantitative estimate of drug-likeness (QED) is 0.143. The smallest absolute Gasteiger partial charge is 0.0534 e. The van der Waals surface area contributed by atoms with Crippen LogP contribution in [0, 0.1) is 0 Å². The van der Waals surface area contributed by atoms with Gasteiger partial charge in [0.15, 0.2) is 0 Å². The summed E-state index contributed by atoms with van der Waals surface area (Å²) in [6.07, 6.45) is 0. The Kier molecular flexibility index (Phi) is 8.68. The summed E-state index contributed by atoms with van der Waals surface area (Å²) in [4.78, 5) is 0. The first-order chi connectivity index (χ1) is 23.8. The fourth-order valence-electron chi connectivity index (χ4n) is 6.38. The molecule has 2 atom stereocenters. The molecule has 2 unspecified atom stereocenters. The van der Waals surface area contributed by atoms with Crippen molar-refractivity contribution in [1.29, 1.82) is 0 Å².